The highest BCUT2D eigenvalue weighted by Crippen LogP contribution is 2.41. The van der Waals surface area contributed by atoms with Crippen LogP contribution in [0.1, 0.15) is 82.5 Å². The van der Waals surface area contributed by atoms with Crippen molar-refractivity contribution in [1.82, 2.24) is 24.5 Å². The molecule has 3 aromatic rings. The van der Waals surface area contributed by atoms with Gasteiger partial charge >= 0.3 is 0 Å². The molecule has 1 saturated heterocycles. The van der Waals surface area contributed by atoms with Crippen LogP contribution in [-0.4, -0.2) is 65.1 Å². The van der Waals surface area contributed by atoms with E-state index >= 15 is 0 Å². The van der Waals surface area contributed by atoms with Crippen LogP contribution < -0.4 is 19.7 Å². The summed E-state index contributed by atoms with van der Waals surface area (Å²) in [4.78, 5) is 37.7. The Morgan fingerprint density at radius 2 is 1.83 bits per heavy atom. The van der Waals surface area contributed by atoms with Crippen molar-refractivity contribution in [2.75, 3.05) is 29.9 Å². The second-order valence-corrected chi connectivity index (χ2v) is 15.1. The molecule has 2 fully saturated rings. The lowest BCUT2D eigenvalue weighted by molar-refractivity contribution is -0.125. The predicted molar refractivity (Wildman–Crippen MR) is 174 cm³/mol. The SMILES string of the molecule is C[C@H]1CCNc2cccc(n2)S(=O)(=O)NC(=O)c2ccc(-n3ccc(OCC(=O)C4CCCCCC4)n3)nc2N2C[C@@H]1CC2(C)C. The van der Waals surface area contributed by atoms with Gasteiger partial charge in [-0.1, -0.05) is 38.7 Å². The third-order valence-corrected chi connectivity index (χ3v) is 10.9. The number of nitrogens with zero attached hydrogens (tertiary/aromatic N) is 5. The van der Waals surface area contributed by atoms with E-state index in [9.17, 15) is 18.0 Å². The third-order valence-electron chi connectivity index (χ3n) is 9.68. The third kappa shape index (κ3) is 6.89. The van der Waals surface area contributed by atoms with Gasteiger partial charge in [-0.2, -0.15) is 8.42 Å². The minimum Gasteiger partial charge on any atom is -0.469 e. The molecule has 246 valence electrons. The molecule has 1 aliphatic carbocycles. The van der Waals surface area contributed by atoms with E-state index in [0.29, 0.717) is 48.3 Å². The van der Waals surface area contributed by atoms with Crippen molar-refractivity contribution in [3.05, 3.63) is 48.2 Å². The monoisotopic (exact) mass is 649 g/mol. The van der Waals surface area contributed by atoms with Crippen molar-refractivity contribution in [3.63, 3.8) is 0 Å². The first-order valence-electron chi connectivity index (χ1n) is 16.3. The molecule has 0 aromatic carbocycles. The van der Waals surface area contributed by atoms with Gasteiger partial charge < -0.3 is 15.0 Å². The molecule has 0 unspecified atom stereocenters. The van der Waals surface area contributed by atoms with Gasteiger partial charge in [0, 0.05) is 36.8 Å². The Labute approximate surface area is 270 Å². The summed E-state index contributed by atoms with van der Waals surface area (Å²) in [7, 11) is -4.27. The number of aromatic nitrogens is 4. The van der Waals surface area contributed by atoms with Gasteiger partial charge in [-0.05, 0) is 75.6 Å². The Bertz CT molecular complexity index is 1700. The molecule has 13 heteroatoms. The Morgan fingerprint density at radius 1 is 1.04 bits per heavy atom. The molecule has 2 N–H and O–H groups in total. The molecule has 1 amide bonds. The van der Waals surface area contributed by atoms with Crippen molar-refractivity contribution in [3.8, 4) is 11.7 Å². The fourth-order valence-electron chi connectivity index (χ4n) is 6.93. The molecule has 5 heterocycles. The molecule has 6 rings (SSSR count). The van der Waals surface area contributed by atoms with Crippen molar-refractivity contribution in [2.24, 2.45) is 17.8 Å². The largest absolute Gasteiger partial charge is 0.469 e. The van der Waals surface area contributed by atoms with E-state index < -0.39 is 15.9 Å². The number of ether oxygens (including phenoxy) is 1. The Kier molecular flexibility index (Phi) is 9.04. The van der Waals surface area contributed by atoms with Crippen LogP contribution in [0.25, 0.3) is 5.82 Å². The average Bonchev–Trinajstić information content (AvgIpc) is 3.52. The lowest BCUT2D eigenvalue weighted by atomic mass is 9.86. The maximum atomic E-state index is 13.7. The fraction of sp³-hybridized carbons (Fsp3) is 0.545. The Balaban J connectivity index is 1.31. The standard InChI is InChI=1S/C33H43N7O5S/c1-22-15-17-34-27-11-8-12-30(35-27)46(43,44)38-32(42)25-13-14-28(36-31(25)39-20-24(22)19-33(39,2)3)40-18-16-29(37-40)45-21-26(41)23-9-6-4-5-7-10-23/h8,11-14,16,18,22-24H,4-7,9-10,15,17,19-21H2,1-3H3,(H,34,35)(H,38,42)/t22-,24-/m0/s1. The smallest absolute Gasteiger partial charge is 0.281 e. The molecular formula is C33H43N7O5S. The molecule has 3 aromatic heterocycles. The van der Waals surface area contributed by atoms with Crippen molar-refractivity contribution in [1.29, 1.82) is 0 Å². The number of hydrogen-bond acceptors (Lipinski definition) is 10. The van der Waals surface area contributed by atoms with Gasteiger partial charge in [-0.15, -0.1) is 5.10 Å². The van der Waals surface area contributed by atoms with Gasteiger partial charge in [0.1, 0.15) is 18.2 Å². The molecule has 2 atom stereocenters. The Morgan fingerprint density at radius 3 is 2.61 bits per heavy atom. The molecule has 3 aliphatic rings. The van der Waals surface area contributed by atoms with Crippen LogP contribution >= 0.6 is 0 Å². The number of rotatable bonds is 5. The number of carbonyl (C=O) groups is 2. The summed E-state index contributed by atoms with van der Waals surface area (Å²) in [6, 6.07) is 9.56. The predicted octanol–water partition coefficient (Wildman–Crippen LogP) is 4.76. The van der Waals surface area contributed by atoms with E-state index in [4.69, 9.17) is 9.72 Å². The summed E-state index contributed by atoms with van der Waals surface area (Å²) in [5, 5.41) is 7.51. The number of fused-ring (bicyclic) bond motifs is 6. The van der Waals surface area contributed by atoms with Gasteiger partial charge in [0.05, 0.1) is 5.56 Å². The van der Waals surface area contributed by atoms with E-state index in [0.717, 1.165) is 38.5 Å². The number of amides is 1. The minimum absolute atomic E-state index is 0.0250. The molecule has 2 aliphatic heterocycles. The van der Waals surface area contributed by atoms with Gasteiger partial charge in [-0.25, -0.2) is 19.4 Å². The Hall–Kier alpha value is -4.00. The van der Waals surface area contributed by atoms with Crippen LogP contribution in [0.2, 0.25) is 0 Å². The summed E-state index contributed by atoms with van der Waals surface area (Å²) in [5.74, 6) is 1.58. The van der Waals surface area contributed by atoms with Crippen molar-refractivity contribution < 1.29 is 22.7 Å². The lowest BCUT2D eigenvalue weighted by Gasteiger charge is -2.34. The van der Waals surface area contributed by atoms with E-state index in [-0.39, 0.29) is 34.4 Å². The zero-order chi connectivity index (χ0) is 32.5. The molecule has 1 saturated carbocycles. The highest BCUT2D eigenvalue weighted by Gasteiger charge is 2.42. The number of ketones is 1. The molecule has 4 bridgehead atoms. The van der Waals surface area contributed by atoms with Crippen LogP contribution in [0.5, 0.6) is 5.88 Å². The zero-order valence-electron chi connectivity index (χ0n) is 26.7. The number of sulfonamides is 1. The molecule has 0 spiro atoms. The van der Waals surface area contributed by atoms with Gasteiger partial charge in [-0.3, -0.25) is 9.59 Å². The van der Waals surface area contributed by atoms with Gasteiger partial charge in [0.2, 0.25) is 5.88 Å². The van der Waals surface area contributed by atoms with E-state index in [1.54, 1.807) is 41.2 Å². The highest BCUT2D eigenvalue weighted by atomic mass is 32.2. The quantitative estimate of drug-likeness (QED) is 0.371. The highest BCUT2D eigenvalue weighted by molar-refractivity contribution is 7.90. The van der Waals surface area contributed by atoms with E-state index in [1.807, 2.05) is 0 Å². The fourth-order valence-corrected chi connectivity index (χ4v) is 7.87. The average molecular weight is 650 g/mol. The first-order chi connectivity index (χ1) is 22.0. The number of carbonyl (C=O) groups excluding carboxylic acids is 2. The summed E-state index contributed by atoms with van der Waals surface area (Å²) in [6.45, 7) is 7.72. The maximum absolute atomic E-state index is 13.7. The van der Waals surface area contributed by atoms with E-state index in [1.165, 1.54) is 18.9 Å². The first kappa shape index (κ1) is 32.0. The van der Waals surface area contributed by atoms with Crippen molar-refractivity contribution >= 4 is 33.3 Å². The van der Waals surface area contributed by atoms with Crippen LogP contribution in [0.3, 0.4) is 0 Å². The van der Waals surface area contributed by atoms with Crippen LogP contribution in [0.4, 0.5) is 11.6 Å². The van der Waals surface area contributed by atoms with Gasteiger partial charge in [0.25, 0.3) is 15.9 Å². The number of nitrogens with one attached hydrogen (secondary N) is 2. The lowest BCUT2D eigenvalue weighted by Crippen LogP contribution is -2.41. The zero-order valence-corrected chi connectivity index (χ0v) is 27.6. The van der Waals surface area contributed by atoms with Crippen LogP contribution in [0, 0.1) is 17.8 Å². The van der Waals surface area contributed by atoms with Crippen LogP contribution in [-0.2, 0) is 14.8 Å². The summed E-state index contributed by atoms with van der Waals surface area (Å²) >= 11 is 0. The second kappa shape index (κ2) is 13.0. The number of Topliss-reactive ketones (excluding diaryl/α,β-unsaturated/α-hetero) is 1. The molecular weight excluding hydrogens is 606 g/mol. The van der Waals surface area contributed by atoms with Gasteiger partial charge in [0.15, 0.2) is 16.6 Å². The molecule has 0 radical (unpaired) electrons. The summed E-state index contributed by atoms with van der Waals surface area (Å²) in [6.07, 6.45) is 9.78. The summed E-state index contributed by atoms with van der Waals surface area (Å²) < 4.78 is 36.1. The van der Waals surface area contributed by atoms with Crippen LogP contribution in [0.15, 0.2) is 47.6 Å². The second-order valence-electron chi connectivity index (χ2n) is 13.5. The normalized spacial score (nSPS) is 23.2. The topological polar surface area (TPSA) is 148 Å². The number of anilines is 2. The minimum atomic E-state index is -4.27. The summed E-state index contributed by atoms with van der Waals surface area (Å²) in [5.41, 5.74) is -0.221. The molecule has 46 heavy (non-hydrogen) atoms. The maximum Gasteiger partial charge on any atom is 0.281 e. The number of pyridine rings is 2. The van der Waals surface area contributed by atoms with Crippen molar-refractivity contribution in [2.45, 2.75) is 82.7 Å². The number of hydrogen-bond donors (Lipinski definition) is 2. The first-order valence-corrected chi connectivity index (χ1v) is 17.8. The molecule has 12 nitrogen and oxygen atoms in total. The van der Waals surface area contributed by atoms with E-state index in [2.05, 4.69) is 45.8 Å².